The van der Waals surface area contributed by atoms with Gasteiger partial charge in [-0.05, 0) is 51.5 Å². The van der Waals surface area contributed by atoms with E-state index in [2.05, 4.69) is 22.6 Å². The summed E-state index contributed by atoms with van der Waals surface area (Å²) in [5, 5.41) is 17.9. The molecule has 2 aromatic rings. The number of nitrogens with zero attached hydrogens (tertiary/aromatic N) is 2. The number of rotatable bonds is 7. The van der Waals surface area contributed by atoms with Crippen molar-refractivity contribution in [2.45, 2.75) is 76.9 Å². The molecule has 1 heterocycles. The number of aliphatic hydroxyl groups excluding tert-OH is 1. The molecule has 1 aliphatic carbocycles. The minimum absolute atomic E-state index is 0.00289. The Kier molecular flexibility index (Phi) is 7.72. The second kappa shape index (κ2) is 10.3. The van der Waals surface area contributed by atoms with Gasteiger partial charge >= 0.3 is 0 Å². The molecule has 0 spiro atoms. The largest absolute Gasteiger partial charge is 0.391 e. The van der Waals surface area contributed by atoms with E-state index < -0.39 is 6.10 Å². The van der Waals surface area contributed by atoms with Crippen LogP contribution in [0.2, 0.25) is 0 Å². The molecule has 3 atom stereocenters. The normalized spacial score (nSPS) is 23.4. The van der Waals surface area contributed by atoms with E-state index in [1.807, 2.05) is 32.0 Å². The molecule has 1 saturated carbocycles. The lowest BCUT2D eigenvalue weighted by molar-refractivity contribution is -0.134. The van der Waals surface area contributed by atoms with Gasteiger partial charge < -0.3 is 19.8 Å². The van der Waals surface area contributed by atoms with Gasteiger partial charge in [-0.3, -0.25) is 9.59 Å². The van der Waals surface area contributed by atoms with E-state index in [4.69, 9.17) is 4.52 Å². The molecule has 1 fully saturated rings. The lowest BCUT2D eigenvalue weighted by atomic mass is 9.74. The smallest absolute Gasteiger partial charge is 0.222 e. The van der Waals surface area contributed by atoms with Gasteiger partial charge in [0, 0.05) is 37.9 Å². The molecule has 0 aliphatic heterocycles. The van der Waals surface area contributed by atoms with Crippen molar-refractivity contribution in [3.63, 3.8) is 0 Å². The number of benzene rings is 1. The highest BCUT2D eigenvalue weighted by molar-refractivity contribution is 5.76. The van der Waals surface area contributed by atoms with Gasteiger partial charge in [0.15, 0.2) is 0 Å². The van der Waals surface area contributed by atoms with Gasteiger partial charge in [0.2, 0.25) is 11.8 Å². The van der Waals surface area contributed by atoms with Gasteiger partial charge in [-0.15, -0.1) is 0 Å². The molecule has 0 bridgehead atoms. The summed E-state index contributed by atoms with van der Waals surface area (Å²) in [6, 6.07) is 9.92. The summed E-state index contributed by atoms with van der Waals surface area (Å²) in [7, 11) is 1.78. The highest BCUT2D eigenvalue weighted by Gasteiger charge is 2.39. The molecule has 0 unspecified atom stereocenters. The number of hydrogen-bond acceptors (Lipinski definition) is 5. The molecule has 32 heavy (non-hydrogen) atoms. The van der Waals surface area contributed by atoms with Crippen LogP contribution in [-0.2, 0) is 21.4 Å². The minimum atomic E-state index is -0.606. The van der Waals surface area contributed by atoms with Crippen LogP contribution in [0, 0.1) is 13.8 Å². The maximum absolute atomic E-state index is 13.0. The monoisotopic (exact) mass is 441 g/mol. The van der Waals surface area contributed by atoms with Crippen LogP contribution < -0.4 is 5.32 Å². The first kappa shape index (κ1) is 24.0. The summed E-state index contributed by atoms with van der Waals surface area (Å²) in [6.07, 6.45) is 3.08. The maximum atomic E-state index is 13.0. The van der Waals surface area contributed by atoms with Crippen LogP contribution in [-0.4, -0.2) is 52.7 Å². The Labute approximate surface area is 190 Å². The summed E-state index contributed by atoms with van der Waals surface area (Å²) < 4.78 is 5.20. The van der Waals surface area contributed by atoms with Crippen molar-refractivity contribution in [3.05, 3.63) is 52.9 Å². The zero-order chi connectivity index (χ0) is 23.3. The third-order valence-corrected chi connectivity index (χ3v) is 7.00. The van der Waals surface area contributed by atoms with E-state index in [9.17, 15) is 14.7 Å². The van der Waals surface area contributed by atoms with E-state index in [1.54, 1.807) is 11.9 Å². The number of hydrogen-bond donors (Lipinski definition) is 2. The van der Waals surface area contributed by atoms with E-state index in [-0.39, 0.29) is 23.3 Å². The fraction of sp³-hybridized carbons (Fsp3) is 0.560. The Morgan fingerprint density at radius 2 is 1.91 bits per heavy atom. The van der Waals surface area contributed by atoms with Crippen LogP contribution in [0.4, 0.5) is 0 Å². The molecule has 1 aromatic heterocycles. The number of carbonyl (C=O) groups excluding carboxylic acids is 2. The Bertz CT molecular complexity index is 907. The summed E-state index contributed by atoms with van der Waals surface area (Å²) in [5.41, 5.74) is 2.70. The molecule has 174 valence electrons. The van der Waals surface area contributed by atoms with Crippen molar-refractivity contribution in [1.82, 2.24) is 15.4 Å². The second-order valence-corrected chi connectivity index (χ2v) is 9.08. The first-order valence-electron chi connectivity index (χ1n) is 11.4. The van der Waals surface area contributed by atoms with Crippen molar-refractivity contribution in [2.75, 3.05) is 13.6 Å². The van der Waals surface area contributed by atoms with E-state index in [1.165, 1.54) is 6.92 Å². The van der Waals surface area contributed by atoms with Crippen molar-refractivity contribution in [2.24, 2.45) is 0 Å². The Balaban J connectivity index is 1.72. The molecule has 7 heteroatoms. The molecule has 0 saturated heterocycles. The predicted molar refractivity (Wildman–Crippen MR) is 122 cm³/mol. The predicted octanol–water partition coefficient (Wildman–Crippen LogP) is 3.06. The highest BCUT2D eigenvalue weighted by Crippen LogP contribution is 2.39. The van der Waals surface area contributed by atoms with Crippen molar-refractivity contribution in [1.29, 1.82) is 0 Å². The molecule has 7 nitrogen and oxygen atoms in total. The SMILES string of the molecule is CC(=O)NC[C@]1(c2ccccc2)CC[C@H](O)[C@@H](N(C)C(=O)CCc2c(C)noc2C)CC1. The third kappa shape index (κ3) is 5.38. The first-order valence-corrected chi connectivity index (χ1v) is 11.4. The average molecular weight is 442 g/mol. The standard InChI is InChI=1S/C25H35N3O4/c1-17-21(18(2)32-27-17)10-11-24(31)28(4)22-12-14-25(15-13-23(22)30,16-26-19(3)29)20-8-6-5-7-9-20/h5-9,22-23,30H,10-16H2,1-4H3,(H,26,29)/t22-,23-,25+/m0/s1. The third-order valence-electron chi connectivity index (χ3n) is 7.00. The van der Waals surface area contributed by atoms with Crippen LogP contribution in [0.5, 0.6) is 0 Å². The van der Waals surface area contributed by atoms with Crippen LogP contribution in [0.15, 0.2) is 34.9 Å². The maximum Gasteiger partial charge on any atom is 0.222 e. The fourth-order valence-electron chi connectivity index (χ4n) is 4.91. The van der Waals surface area contributed by atoms with Crippen LogP contribution in [0.25, 0.3) is 0 Å². The number of nitrogens with one attached hydrogen (secondary N) is 1. The zero-order valence-electron chi connectivity index (χ0n) is 19.6. The number of likely N-dealkylation sites (N-methyl/N-ethyl adjacent to an activating group) is 1. The number of amides is 2. The van der Waals surface area contributed by atoms with Crippen LogP contribution in [0.1, 0.15) is 61.6 Å². The fourth-order valence-corrected chi connectivity index (χ4v) is 4.91. The molecular weight excluding hydrogens is 406 g/mol. The molecule has 0 radical (unpaired) electrons. The van der Waals surface area contributed by atoms with Crippen LogP contribution >= 0.6 is 0 Å². The van der Waals surface area contributed by atoms with E-state index >= 15 is 0 Å². The average Bonchev–Trinajstić information content (AvgIpc) is 3.00. The Morgan fingerprint density at radius 3 is 2.53 bits per heavy atom. The summed E-state index contributed by atoms with van der Waals surface area (Å²) in [6.45, 7) is 5.79. The van der Waals surface area contributed by atoms with Gasteiger partial charge in [0.1, 0.15) is 5.76 Å². The minimum Gasteiger partial charge on any atom is -0.391 e. The van der Waals surface area contributed by atoms with Crippen LogP contribution in [0.3, 0.4) is 0 Å². The lowest BCUT2D eigenvalue weighted by Crippen LogP contribution is -2.44. The van der Waals surface area contributed by atoms with Gasteiger partial charge in [-0.1, -0.05) is 35.5 Å². The number of aryl methyl sites for hydroxylation is 2. The van der Waals surface area contributed by atoms with E-state index in [0.717, 1.165) is 35.4 Å². The van der Waals surface area contributed by atoms with Gasteiger partial charge in [-0.25, -0.2) is 0 Å². The summed E-state index contributed by atoms with van der Waals surface area (Å²) >= 11 is 0. The summed E-state index contributed by atoms with van der Waals surface area (Å²) in [4.78, 5) is 26.3. The van der Waals surface area contributed by atoms with E-state index in [0.29, 0.717) is 32.2 Å². The number of aliphatic hydroxyl groups is 1. The Hall–Kier alpha value is -2.67. The lowest BCUT2D eigenvalue weighted by Gasteiger charge is -2.34. The first-order chi connectivity index (χ1) is 15.2. The van der Waals surface area contributed by atoms with Gasteiger partial charge in [0.05, 0.1) is 17.8 Å². The van der Waals surface area contributed by atoms with Crippen molar-refractivity contribution >= 4 is 11.8 Å². The summed E-state index contributed by atoms with van der Waals surface area (Å²) in [5.74, 6) is 0.689. The second-order valence-electron chi connectivity index (χ2n) is 9.08. The molecule has 2 amide bonds. The van der Waals surface area contributed by atoms with Gasteiger partial charge in [-0.2, -0.15) is 0 Å². The highest BCUT2D eigenvalue weighted by atomic mass is 16.5. The number of aromatic nitrogens is 1. The zero-order valence-corrected chi connectivity index (χ0v) is 19.6. The van der Waals surface area contributed by atoms with Crippen molar-refractivity contribution in [3.8, 4) is 0 Å². The topological polar surface area (TPSA) is 95.7 Å². The Morgan fingerprint density at radius 1 is 1.22 bits per heavy atom. The quantitative estimate of drug-likeness (QED) is 0.644. The molecule has 1 aliphatic rings. The molecule has 3 rings (SSSR count). The van der Waals surface area contributed by atoms with Crippen molar-refractivity contribution < 1.29 is 19.2 Å². The van der Waals surface area contributed by atoms with Gasteiger partial charge in [0.25, 0.3) is 0 Å². The number of carbonyl (C=O) groups is 2. The molecule has 1 aromatic carbocycles. The molecule has 2 N–H and O–H groups in total. The molecular formula is C25H35N3O4.